The van der Waals surface area contributed by atoms with E-state index in [1.165, 1.54) is 18.2 Å². The topological polar surface area (TPSA) is 37.3 Å². The van der Waals surface area contributed by atoms with Gasteiger partial charge in [0.15, 0.2) is 5.78 Å². The molecule has 2 rings (SSSR count). The van der Waals surface area contributed by atoms with Crippen LogP contribution < -0.4 is 0 Å². The molecule has 0 amide bonds. The van der Waals surface area contributed by atoms with E-state index in [1.54, 1.807) is 18.2 Å². The third-order valence-electron chi connectivity index (χ3n) is 2.45. The van der Waals surface area contributed by atoms with Crippen LogP contribution in [0.15, 0.2) is 54.6 Å². The molecular formula is C15H11IO2. The van der Waals surface area contributed by atoms with Crippen LogP contribution in [0.25, 0.3) is 6.08 Å². The fraction of sp³-hybridized carbons (Fsp3) is 0. The summed E-state index contributed by atoms with van der Waals surface area (Å²) in [6.07, 6.45) is 3.32. The van der Waals surface area contributed by atoms with Crippen LogP contribution in [0.5, 0.6) is 5.75 Å². The Morgan fingerprint density at radius 3 is 2.22 bits per heavy atom. The summed E-state index contributed by atoms with van der Waals surface area (Å²) in [5.74, 6) is 0.0849. The smallest absolute Gasteiger partial charge is 0.185 e. The molecule has 0 saturated carbocycles. The summed E-state index contributed by atoms with van der Waals surface area (Å²) in [4.78, 5) is 11.8. The third kappa shape index (κ3) is 3.43. The van der Waals surface area contributed by atoms with Gasteiger partial charge in [0.2, 0.25) is 0 Å². The van der Waals surface area contributed by atoms with E-state index in [2.05, 4.69) is 22.6 Å². The molecule has 0 aliphatic rings. The summed E-state index contributed by atoms with van der Waals surface area (Å²) >= 11 is 2.24. The lowest BCUT2D eigenvalue weighted by molar-refractivity contribution is 0.104. The van der Waals surface area contributed by atoms with Crippen LogP contribution in [0.4, 0.5) is 0 Å². The molecule has 0 saturated heterocycles. The maximum Gasteiger partial charge on any atom is 0.185 e. The molecule has 0 unspecified atom stereocenters. The fourth-order valence-electron chi connectivity index (χ4n) is 1.47. The van der Waals surface area contributed by atoms with Gasteiger partial charge in [0, 0.05) is 9.13 Å². The van der Waals surface area contributed by atoms with E-state index in [9.17, 15) is 4.79 Å². The van der Waals surface area contributed by atoms with Crippen molar-refractivity contribution in [3.8, 4) is 5.75 Å². The highest BCUT2D eigenvalue weighted by molar-refractivity contribution is 14.1. The van der Waals surface area contributed by atoms with Crippen molar-refractivity contribution in [1.29, 1.82) is 0 Å². The van der Waals surface area contributed by atoms with Crippen LogP contribution in [0.2, 0.25) is 0 Å². The van der Waals surface area contributed by atoms with Gasteiger partial charge in [-0.05, 0) is 70.6 Å². The molecule has 0 radical (unpaired) electrons. The molecule has 0 fully saturated rings. The van der Waals surface area contributed by atoms with E-state index < -0.39 is 0 Å². The van der Waals surface area contributed by atoms with Gasteiger partial charge in [0.05, 0.1) is 0 Å². The number of aromatic hydroxyl groups is 1. The average molecular weight is 350 g/mol. The molecule has 0 atom stereocenters. The summed E-state index contributed by atoms with van der Waals surface area (Å²) in [6, 6.07) is 14.1. The number of allylic oxidation sites excluding steroid dienone is 1. The largest absolute Gasteiger partial charge is 0.508 e. The van der Waals surface area contributed by atoms with E-state index in [4.69, 9.17) is 5.11 Å². The van der Waals surface area contributed by atoms with Gasteiger partial charge in [-0.1, -0.05) is 18.2 Å². The second kappa shape index (κ2) is 5.82. The Hall–Kier alpha value is -1.62. The van der Waals surface area contributed by atoms with Crippen molar-refractivity contribution in [2.45, 2.75) is 0 Å². The van der Waals surface area contributed by atoms with E-state index in [1.807, 2.05) is 24.3 Å². The Morgan fingerprint density at radius 1 is 1.00 bits per heavy atom. The predicted molar refractivity (Wildman–Crippen MR) is 80.6 cm³/mol. The first-order valence-electron chi connectivity index (χ1n) is 5.42. The predicted octanol–water partition coefficient (Wildman–Crippen LogP) is 3.89. The van der Waals surface area contributed by atoms with E-state index >= 15 is 0 Å². The van der Waals surface area contributed by atoms with Crippen molar-refractivity contribution in [3.63, 3.8) is 0 Å². The maximum atomic E-state index is 11.8. The number of hydrogen-bond donors (Lipinski definition) is 1. The van der Waals surface area contributed by atoms with Crippen LogP contribution in [0.1, 0.15) is 15.9 Å². The van der Waals surface area contributed by atoms with Gasteiger partial charge >= 0.3 is 0 Å². The number of phenolic OH excluding ortho intramolecular Hbond substituents is 1. The number of ketones is 1. The maximum absolute atomic E-state index is 11.8. The Balaban J connectivity index is 2.11. The zero-order chi connectivity index (χ0) is 13.0. The highest BCUT2D eigenvalue weighted by Gasteiger charge is 2.00. The summed E-state index contributed by atoms with van der Waals surface area (Å²) < 4.78 is 1.16. The molecule has 18 heavy (non-hydrogen) atoms. The standard InChI is InChI=1S/C15H11IO2/c16-13-6-1-11(2-7-13)3-10-15(18)12-4-8-14(17)9-5-12/h1-10,17H/b10-3+. The molecule has 0 aliphatic heterocycles. The number of halogens is 1. The zero-order valence-corrected chi connectivity index (χ0v) is 11.7. The Bertz CT molecular complexity index is 568. The van der Waals surface area contributed by atoms with Gasteiger partial charge in [-0.25, -0.2) is 0 Å². The number of carbonyl (C=O) groups is 1. The van der Waals surface area contributed by atoms with Crippen molar-refractivity contribution in [2.24, 2.45) is 0 Å². The highest BCUT2D eigenvalue weighted by Crippen LogP contribution is 2.12. The second-order valence-electron chi connectivity index (χ2n) is 3.80. The van der Waals surface area contributed by atoms with Gasteiger partial charge in [-0.3, -0.25) is 4.79 Å². The SMILES string of the molecule is O=C(/C=C/c1ccc(I)cc1)c1ccc(O)cc1. The zero-order valence-electron chi connectivity index (χ0n) is 9.51. The summed E-state index contributed by atoms with van der Waals surface area (Å²) in [5, 5.41) is 9.14. The molecule has 90 valence electrons. The first-order chi connectivity index (χ1) is 8.65. The molecule has 0 spiro atoms. The van der Waals surface area contributed by atoms with Crippen LogP contribution in [0, 0.1) is 3.57 Å². The van der Waals surface area contributed by atoms with Crippen LogP contribution in [0.3, 0.4) is 0 Å². The first-order valence-corrected chi connectivity index (χ1v) is 6.50. The molecule has 0 bridgehead atoms. The molecule has 1 N–H and O–H groups in total. The Kier molecular flexibility index (Phi) is 4.15. The molecule has 3 heteroatoms. The van der Waals surface area contributed by atoms with Crippen LogP contribution in [-0.2, 0) is 0 Å². The van der Waals surface area contributed by atoms with Crippen molar-refractivity contribution in [3.05, 3.63) is 69.3 Å². The van der Waals surface area contributed by atoms with Gasteiger partial charge < -0.3 is 5.11 Å². The van der Waals surface area contributed by atoms with Crippen molar-refractivity contribution in [1.82, 2.24) is 0 Å². The van der Waals surface area contributed by atoms with Crippen molar-refractivity contribution in [2.75, 3.05) is 0 Å². The van der Waals surface area contributed by atoms with E-state index in [0.29, 0.717) is 5.56 Å². The lowest BCUT2D eigenvalue weighted by Crippen LogP contribution is -1.92. The summed E-state index contributed by atoms with van der Waals surface area (Å²) in [6.45, 7) is 0. The van der Waals surface area contributed by atoms with E-state index in [-0.39, 0.29) is 11.5 Å². The van der Waals surface area contributed by atoms with Gasteiger partial charge in [-0.15, -0.1) is 0 Å². The minimum atomic E-state index is -0.0754. The number of hydrogen-bond acceptors (Lipinski definition) is 2. The second-order valence-corrected chi connectivity index (χ2v) is 5.04. The molecule has 0 aliphatic carbocycles. The normalized spacial score (nSPS) is 10.7. The van der Waals surface area contributed by atoms with Crippen molar-refractivity contribution < 1.29 is 9.90 Å². The van der Waals surface area contributed by atoms with Gasteiger partial charge in [0.25, 0.3) is 0 Å². The first kappa shape index (κ1) is 12.8. The Morgan fingerprint density at radius 2 is 1.61 bits per heavy atom. The molecule has 2 aromatic rings. The number of phenols is 1. The lowest BCUT2D eigenvalue weighted by Gasteiger charge is -1.97. The lowest BCUT2D eigenvalue weighted by atomic mass is 10.1. The minimum absolute atomic E-state index is 0.0754. The summed E-state index contributed by atoms with van der Waals surface area (Å²) in [7, 11) is 0. The molecule has 2 aromatic carbocycles. The van der Waals surface area contributed by atoms with E-state index in [0.717, 1.165) is 9.13 Å². The molecule has 0 aromatic heterocycles. The summed E-state index contributed by atoms with van der Waals surface area (Å²) in [5.41, 5.74) is 1.55. The highest BCUT2D eigenvalue weighted by atomic mass is 127. The third-order valence-corrected chi connectivity index (χ3v) is 3.17. The minimum Gasteiger partial charge on any atom is -0.508 e. The fourth-order valence-corrected chi connectivity index (χ4v) is 1.83. The number of benzene rings is 2. The number of rotatable bonds is 3. The van der Waals surface area contributed by atoms with Gasteiger partial charge in [0.1, 0.15) is 5.75 Å². The quantitative estimate of drug-likeness (QED) is 0.518. The van der Waals surface area contributed by atoms with Gasteiger partial charge in [-0.2, -0.15) is 0 Å². The molecular weight excluding hydrogens is 339 g/mol. The molecule has 2 nitrogen and oxygen atoms in total. The molecule has 0 heterocycles. The van der Waals surface area contributed by atoms with Crippen LogP contribution in [-0.4, -0.2) is 10.9 Å². The monoisotopic (exact) mass is 350 g/mol. The van der Waals surface area contributed by atoms with Crippen molar-refractivity contribution >= 4 is 34.5 Å². The average Bonchev–Trinajstić information content (AvgIpc) is 2.38. The Labute approximate surface area is 119 Å². The number of carbonyl (C=O) groups excluding carboxylic acids is 1. The van der Waals surface area contributed by atoms with Crippen LogP contribution >= 0.6 is 22.6 Å².